The Morgan fingerprint density at radius 2 is 1.58 bits per heavy atom. The van der Waals surface area contributed by atoms with Gasteiger partial charge in [0, 0.05) is 32.2 Å². The zero-order chi connectivity index (χ0) is 12.3. The van der Waals surface area contributed by atoms with Crippen LogP contribution in [0.15, 0.2) is 0 Å². The number of nitrogens with two attached hydrogens (primary N) is 1. The molecule has 1 saturated carbocycles. The molecule has 0 spiro atoms. The van der Waals surface area contributed by atoms with Crippen molar-refractivity contribution in [3.8, 4) is 0 Å². The van der Waals surface area contributed by atoms with Gasteiger partial charge in [-0.05, 0) is 31.6 Å². The molecule has 1 saturated heterocycles. The Morgan fingerprint density at radius 1 is 1.05 bits per heavy atom. The summed E-state index contributed by atoms with van der Waals surface area (Å²) in [6.45, 7) is 6.30. The first kappa shape index (κ1) is 19.0. The number of nitrogens with zero attached hydrogens (tertiary/aromatic N) is 2. The van der Waals surface area contributed by atoms with Gasteiger partial charge in [-0.15, -0.1) is 24.8 Å². The Bertz CT molecular complexity index is 263. The molecule has 0 aromatic rings. The average molecular weight is 312 g/mol. The fourth-order valence-electron chi connectivity index (χ4n) is 3.07. The van der Waals surface area contributed by atoms with E-state index in [-0.39, 0.29) is 37.3 Å². The van der Waals surface area contributed by atoms with Crippen molar-refractivity contribution in [1.29, 1.82) is 0 Å². The fraction of sp³-hybridized carbons (Fsp3) is 0.923. The van der Waals surface area contributed by atoms with E-state index in [1.165, 1.54) is 25.7 Å². The molecule has 0 aromatic carbocycles. The number of halogens is 2. The SMILES string of the molecule is CC1CCC(N2CCN(C(=O)CN)CC2)CC1.Cl.Cl. The molecule has 1 aliphatic carbocycles. The molecule has 19 heavy (non-hydrogen) atoms. The summed E-state index contributed by atoms with van der Waals surface area (Å²) in [4.78, 5) is 16.0. The van der Waals surface area contributed by atoms with Crippen LogP contribution in [0.3, 0.4) is 0 Å². The molecule has 114 valence electrons. The van der Waals surface area contributed by atoms with Crippen LogP contribution in [-0.4, -0.2) is 54.5 Å². The summed E-state index contributed by atoms with van der Waals surface area (Å²) >= 11 is 0. The molecule has 6 heteroatoms. The summed E-state index contributed by atoms with van der Waals surface area (Å²) in [6, 6.07) is 0.765. The van der Waals surface area contributed by atoms with Crippen LogP contribution >= 0.6 is 24.8 Å². The number of rotatable bonds is 2. The number of amides is 1. The van der Waals surface area contributed by atoms with Gasteiger partial charge in [0.1, 0.15) is 0 Å². The minimum atomic E-state index is 0. The van der Waals surface area contributed by atoms with Gasteiger partial charge < -0.3 is 10.6 Å². The van der Waals surface area contributed by atoms with E-state index in [1.54, 1.807) is 0 Å². The van der Waals surface area contributed by atoms with Gasteiger partial charge in [0.25, 0.3) is 0 Å². The first-order valence-electron chi connectivity index (χ1n) is 6.92. The van der Waals surface area contributed by atoms with E-state index >= 15 is 0 Å². The van der Waals surface area contributed by atoms with E-state index in [2.05, 4.69) is 11.8 Å². The third-order valence-electron chi connectivity index (χ3n) is 4.34. The molecule has 0 bridgehead atoms. The van der Waals surface area contributed by atoms with Crippen LogP contribution in [0.4, 0.5) is 0 Å². The lowest BCUT2D eigenvalue weighted by Gasteiger charge is -2.41. The summed E-state index contributed by atoms with van der Waals surface area (Å²) in [5.74, 6) is 1.01. The zero-order valence-electron chi connectivity index (χ0n) is 11.7. The molecule has 2 aliphatic rings. The minimum Gasteiger partial charge on any atom is -0.339 e. The van der Waals surface area contributed by atoms with Crippen LogP contribution in [0.2, 0.25) is 0 Å². The topological polar surface area (TPSA) is 49.6 Å². The largest absolute Gasteiger partial charge is 0.339 e. The van der Waals surface area contributed by atoms with Crippen molar-refractivity contribution >= 4 is 30.7 Å². The molecule has 0 unspecified atom stereocenters. The van der Waals surface area contributed by atoms with Gasteiger partial charge in [0.05, 0.1) is 6.54 Å². The van der Waals surface area contributed by atoms with Gasteiger partial charge in [0.15, 0.2) is 0 Å². The number of piperazine rings is 1. The quantitative estimate of drug-likeness (QED) is 0.841. The summed E-state index contributed by atoms with van der Waals surface area (Å²) in [5.41, 5.74) is 5.39. The average Bonchev–Trinajstić information content (AvgIpc) is 2.39. The lowest BCUT2D eigenvalue weighted by atomic mass is 9.86. The highest BCUT2D eigenvalue weighted by Crippen LogP contribution is 2.27. The van der Waals surface area contributed by atoms with Crippen LogP contribution in [0.25, 0.3) is 0 Å². The summed E-state index contributed by atoms with van der Waals surface area (Å²) < 4.78 is 0. The minimum absolute atomic E-state index is 0. The fourth-order valence-corrected chi connectivity index (χ4v) is 3.07. The second-order valence-corrected chi connectivity index (χ2v) is 5.53. The molecule has 1 amide bonds. The van der Waals surface area contributed by atoms with Crippen LogP contribution in [0.5, 0.6) is 0 Å². The first-order chi connectivity index (χ1) is 8.20. The highest BCUT2D eigenvalue weighted by atomic mass is 35.5. The first-order valence-corrected chi connectivity index (χ1v) is 6.92. The monoisotopic (exact) mass is 311 g/mol. The second kappa shape index (κ2) is 9.01. The maximum atomic E-state index is 11.5. The van der Waals surface area contributed by atoms with Crippen molar-refractivity contribution in [2.24, 2.45) is 11.7 Å². The van der Waals surface area contributed by atoms with Crippen molar-refractivity contribution in [2.75, 3.05) is 32.7 Å². The Labute approximate surface area is 128 Å². The van der Waals surface area contributed by atoms with Gasteiger partial charge in [-0.2, -0.15) is 0 Å². The van der Waals surface area contributed by atoms with Crippen LogP contribution in [-0.2, 0) is 4.79 Å². The molecule has 2 fully saturated rings. The summed E-state index contributed by atoms with van der Waals surface area (Å²) in [5, 5.41) is 0. The predicted octanol–water partition coefficient (Wildman–Crippen LogP) is 1.51. The van der Waals surface area contributed by atoms with Gasteiger partial charge in [-0.1, -0.05) is 6.92 Å². The Kier molecular flexibility index (Phi) is 8.99. The van der Waals surface area contributed by atoms with Gasteiger partial charge >= 0.3 is 0 Å². The molecule has 0 radical (unpaired) electrons. The molecular weight excluding hydrogens is 285 g/mol. The third kappa shape index (κ3) is 5.10. The normalized spacial score (nSPS) is 28.2. The van der Waals surface area contributed by atoms with Crippen molar-refractivity contribution < 1.29 is 4.79 Å². The van der Waals surface area contributed by atoms with Crippen LogP contribution < -0.4 is 5.73 Å². The maximum absolute atomic E-state index is 11.5. The molecule has 2 N–H and O–H groups in total. The number of carbonyl (C=O) groups is 1. The smallest absolute Gasteiger partial charge is 0.236 e. The number of hydrogen-bond donors (Lipinski definition) is 1. The summed E-state index contributed by atoms with van der Waals surface area (Å²) in [7, 11) is 0. The van der Waals surface area contributed by atoms with E-state index in [4.69, 9.17) is 5.73 Å². The Hall–Kier alpha value is -0.0300. The van der Waals surface area contributed by atoms with Crippen LogP contribution in [0.1, 0.15) is 32.6 Å². The molecule has 1 aliphatic heterocycles. The van der Waals surface area contributed by atoms with Crippen molar-refractivity contribution in [3.05, 3.63) is 0 Å². The van der Waals surface area contributed by atoms with E-state index < -0.39 is 0 Å². The lowest BCUT2D eigenvalue weighted by Crippen LogP contribution is -2.53. The number of hydrogen-bond acceptors (Lipinski definition) is 3. The lowest BCUT2D eigenvalue weighted by molar-refractivity contribution is -0.131. The van der Waals surface area contributed by atoms with Gasteiger partial charge in [-0.25, -0.2) is 0 Å². The molecular formula is C13H27Cl2N3O. The Balaban J connectivity index is 0.00000162. The van der Waals surface area contributed by atoms with E-state index in [9.17, 15) is 4.79 Å². The third-order valence-corrected chi connectivity index (χ3v) is 4.34. The maximum Gasteiger partial charge on any atom is 0.236 e. The Morgan fingerprint density at radius 3 is 2.05 bits per heavy atom. The van der Waals surface area contributed by atoms with Crippen molar-refractivity contribution in [2.45, 2.75) is 38.6 Å². The highest BCUT2D eigenvalue weighted by molar-refractivity contribution is 5.85. The van der Waals surface area contributed by atoms with Crippen molar-refractivity contribution in [3.63, 3.8) is 0 Å². The second-order valence-electron chi connectivity index (χ2n) is 5.53. The summed E-state index contributed by atoms with van der Waals surface area (Å²) in [6.07, 6.45) is 5.41. The molecule has 0 atom stereocenters. The van der Waals surface area contributed by atoms with E-state index in [0.717, 1.165) is 38.1 Å². The van der Waals surface area contributed by atoms with Crippen LogP contribution in [0, 0.1) is 5.92 Å². The highest BCUT2D eigenvalue weighted by Gasteiger charge is 2.27. The van der Waals surface area contributed by atoms with Gasteiger partial charge in [0.2, 0.25) is 5.91 Å². The molecule has 1 heterocycles. The standard InChI is InChI=1S/C13H25N3O.2ClH/c1-11-2-4-12(5-3-11)15-6-8-16(9-7-15)13(17)10-14;;/h11-12H,2-10,14H2,1H3;2*1H. The van der Waals surface area contributed by atoms with Crippen molar-refractivity contribution in [1.82, 2.24) is 9.80 Å². The van der Waals surface area contributed by atoms with E-state index in [1.807, 2.05) is 4.90 Å². The zero-order valence-corrected chi connectivity index (χ0v) is 13.3. The predicted molar refractivity (Wildman–Crippen MR) is 83.1 cm³/mol. The van der Waals surface area contributed by atoms with Gasteiger partial charge in [-0.3, -0.25) is 9.69 Å². The molecule has 0 aromatic heterocycles. The van der Waals surface area contributed by atoms with E-state index in [0.29, 0.717) is 0 Å². The molecule has 4 nitrogen and oxygen atoms in total. The molecule has 2 rings (SSSR count). The number of carbonyl (C=O) groups excluding carboxylic acids is 1.